The second-order valence-electron chi connectivity index (χ2n) is 4.84. The molecular formula is C15H33NO4. The second-order valence-corrected chi connectivity index (χ2v) is 4.84. The van der Waals surface area contributed by atoms with Crippen LogP contribution in [0.5, 0.6) is 0 Å². The van der Waals surface area contributed by atoms with Crippen molar-refractivity contribution >= 4 is 0 Å². The van der Waals surface area contributed by atoms with Crippen LogP contribution in [0.3, 0.4) is 0 Å². The molecule has 0 aliphatic heterocycles. The summed E-state index contributed by atoms with van der Waals surface area (Å²) in [6, 6.07) is 0.103. The third kappa shape index (κ3) is 12.8. The molecule has 0 heterocycles. The molecule has 2 unspecified atom stereocenters. The SMILES string of the molecule is CCCCOCCOCCOCCOC(C)C(N)CC. The smallest absolute Gasteiger partial charge is 0.0704 e. The van der Waals surface area contributed by atoms with E-state index >= 15 is 0 Å². The molecule has 0 rings (SSSR count). The highest BCUT2D eigenvalue weighted by molar-refractivity contribution is 4.66. The lowest BCUT2D eigenvalue weighted by molar-refractivity contribution is -0.0201. The summed E-state index contributed by atoms with van der Waals surface area (Å²) in [6.07, 6.45) is 3.29. The van der Waals surface area contributed by atoms with E-state index in [9.17, 15) is 0 Å². The van der Waals surface area contributed by atoms with Crippen molar-refractivity contribution in [2.75, 3.05) is 46.2 Å². The Labute approximate surface area is 124 Å². The minimum atomic E-state index is 0.0834. The average Bonchev–Trinajstić information content (AvgIpc) is 2.47. The highest BCUT2D eigenvalue weighted by atomic mass is 16.6. The molecule has 0 aromatic rings. The van der Waals surface area contributed by atoms with E-state index in [-0.39, 0.29) is 12.1 Å². The zero-order chi connectivity index (χ0) is 15.1. The molecule has 0 amide bonds. The van der Waals surface area contributed by atoms with E-state index in [0.717, 1.165) is 19.4 Å². The average molecular weight is 291 g/mol. The van der Waals surface area contributed by atoms with Crippen molar-refractivity contribution in [1.82, 2.24) is 0 Å². The predicted octanol–water partition coefficient (Wildman–Crippen LogP) is 1.98. The van der Waals surface area contributed by atoms with Gasteiger partial charge >= 0.3 is 0 Å². The van der Waals surface area contributed by atoms with Gasteiger partial charge in [0.05, 0.1) is 45.7 Å². The van der Waals surface area contributed by atoms with Crippen molar-refractivity contribution in [2.24, 2.45) is 5.73 Å². The number of ether oxygens (including phenoxy) is 4. The van der Waals surface area contributed by atoms with E-state index in [1.165, 1.54) is 6.42 Å². The Morgan fingerprint density at radius 3 is 1.80 bits per heavy atom. The lowest BCUT2D eigenvalue weighted by atomic mass is 10.1. The van der Waals surface area contributed by atoms with Crippen LogP contribution in [0.25, 0.3) is 0 Å². The van der Waals surface area contributed by atoms with Gasteiger partial charge in [-0.1, -0.05) is 20.3 Å². The topological polar surface area (TPSA) is 62.9 Å². The normalized spacial score (nSPS) is 14.4. The third-order valence-corrected chi connectivity index (χ3v) is 3.07. The quantitative estimate of drug-likeness (QED) is 0.467. The largest absolute Gasteiger partial charge is 0.379 e. The Morgan fingerprint density at radius 2 is 1.30 bits per heavy atom. The van der Waals surface area contributed by atoms with E-state index in [1.54, 1.807) is 0 Å². The summed E-state index contributed by atoms with van der Waals surface area (Å²) in [5.74, 6) is 0. The lowest BCUT2D eigenvalue weighted by Gasteiger charge is -2.18. The first-order valence-electron chi connectivity index (χ1n) is 7.82. The van der Waals surface area contributed by atoms with Crippen LogP contribution in [0.4, 0.5) is 0 Å². The fourth-order valence-corrected chi connectivity index (χ4v) is 1.54. The van der Waals surface area contributed by atoms with Gasteiger partial charge in [0.1, 0.15) is 0 Å². The molecular weight excluding hydrogens is 258 g/mol. The van der Waals surface area contributed by atoms with Gasteiger partial charge in [0.25, 0.3) is 0 Å². The summed E-state index contributed by atoms with van der Waals surface area (Å²) in [6.45, 7) is 10.7. The predicted molar refractivity (Wildman–Crippen MR) is 81.0 cm³/mol. The van der Waals surface area contributed by atoms with E-state index in [1.807, 2.05) is 6.92 Å². The van der Waals surface area contributed by atoms with Crippen molar-refractivity contribution in [3.8, 4) is 0 Å². The summed E-state index contributed by atoms with van der Waals surface area (Å²) in [7, 11) is 0. The Hall–Kier alpha value is -0.200. The number of hydrogen-bond donors (Lipinski definition) is 1. The number of rotatable bonds is 15. The van der Waals surface area contributed by atoms with Crippen LogP contribution in [0.15, 0.2) is 0 Å². The van der Waals surface area contributed by atoms with Gasteiger partial charge in [-0.15, -0.1) is 0 Å². The van der Waals surface area contributed by atoms with E-state index < -0.39 is 0 Å². The molecule has 0 radical (unpaired) electrons. The van der Waals surface area contributed by atoms with Gasteiger partial charge in [-0.2, -0.15) is 0 Å². The monoisotopic (exact) mass is 291 g/mol. The zero-order valence-electron chi connectivity index (χ0n) is 13.4. The molecule has 0 spiro atoms. The Morgan fingerprint density at radius 1 is 0.800 bits per heavy atom. The van der Waals surface area contributed by atoms with Crippen molar-refractivity contribution < 1.29 is 18.9 Å². The first-order valence-corrected chi connectivity index (χ1v) is 7.82. The number of unbranched alkanes of at least 4 members (excludes halogenated alkanes) is 1. The van der Waals surface area contributed by atoms with Crippen LogP contribution < -0.4 is 5.73 Å². The molecule has 0 aromatic heterocycles. The molecule has 2 atom stereocenters. The van der Waals surface area contributed by atoms with Gasteiger partial charge in [-0.05, 0) is 19.8 Å². The Bertz CT molecular complexity index is 193. The van der Waals surface area contributed by atoms with Gasteiger partial charge in [0.2, 0.25) is 0 Å². The molecule has 5 heteroatoms. The molecule has 0 fully saturated rings. The number of nitrogens with two attached hydrogens (primary N) is 1. The fourth-order valence-electron chi connectivity index (χ4n) is 1.54. The molecule has 0 aliphatic rings. The van der Waals surface area contributed by atoms with E-state index in [0.29, 0.717) is 39.6 Å². The van der Waals surface area contributed by atoms with Crippen molar-refractivity contribution in [3.05, 3.63) is 0 Å². The standard InChI is InChI=1S/C15H33NO4/c1-4-6-7-17-8-9-18-10-11-19-12-13-20-14(3)15(16)5-2/h14-15H,4-13,16H2,1-3H3. The van der Waals surface area contributed by atoms with Crippen LogP contribution in [0, 0.1) is 0 Å². The fraction of sp³-hybridized carbons (Fsp3) is 1.00. The minimum absolute atomic E-state index is 0.0834. The van der Waals surface area contributed by atoms with Gasteiger partial charge in [0.15, 0.2) is 0 Å². The van der Waals surface area contributed by atoms with E-state index in [4.69, 9.17) is 24.7 Å². The van der Waals surface area contributed by atoms with Crippen LogP contribution in [0.1, 0.15) is 40.0 Å². The molecule has 122 valence electrons. The van der Waals surface area contributed by atoms with Crippen LogP contribution in [0.2, 0.25) is 0 Å². The molecule has 0 saturated heterocycles. The van der Waals surface area contributed by atoms with Gasteiger partial charge < -0.3 is 24.7 Å². The molecule has 0 aliphatic carbocycles. The van der Waals surface area contributed by atoms with Crippen LogP contribution in [-0.4, -0.2) is 58.4 Å². The maximum Gasteiger partial charge on any atom is 0.0704 e. The van der Waals surface area contributed by atoms with Crippen LogP contribution >= 0.6 is 0 Å². The third-order valence-electron chi connectivity index (χ3n) is 3.07. The van der Waals surface area contributed by atoms with Gasteiger partial charge in [-0.3, -0.25) is 0 Å². The number of hydrogen-bond acceptors (Lipinski definition) is 5. The van der Waals surface area contributed by atoms with Crippen molar-refractivity contribution in [3.63, 3.8) is 0 Å². The van der Waals surface area contributed by atoms with E-state index in [2.05, 4.69) is 13.8 Å². The van der Waals surface area contributed by atoms with Crippen molar-refractivity contribution in [2.45, 2.75) is 52.2 Å². The zero-order valence-corrected chi connectivity index (χ0v) is 13.4. The Balaban J connectivity index is 3.10. The summed E-state index contributed by atoms with van der Waals surface area (Å²) < 4.78 is 21.7. The summed E-state index contributed by atoms with van der Waals surface area (Å²) >= 11 is 0. The molecule has 0 aromatic carbocycles. The summed E-state index contributed by atoms with van der Waals surface area (Å²) in [4.78, 5) is 0. The molecule has 5 nitrogen and oxygen atoms in total. The van der Waals surface area contributed by atoms with Gasteiger partial charge in [-0.25, -0.2) is 0 Å². The summed E-state index contributed by atoms with van der Waals surface area (Å²) in [5.41, 5.74) is 5.86. The van der Waals surface area contributed by atoms with Crippen molar-refractivity contribution in [1.29, 1.82) is 0 Å². The lowest BCUT2D eigenvalue weighted by Crippen LogP contribution is -2.34. The molecule has 2 N–H and O–H groups in total. The Kier molecular flexibility index (Phi) is 15.0. The van der Waals surface area contributed by atoms with Gasteiger partial charge in [0, 0.05) is 12.6 Å². The maximum absolute atomic E-state index is 5.86. The maximum atomic E-state index is 5.86. The first-order chi connectivity index (χ1) is 9.72. The molecule has 0 saturated carbocycles. The molecule has 0 bridgehead atoms. The highest BCUT2D eigenvalue weighted by Crippen LogP contribution is 1.99. The summed E-state index contributed by atoms with van der Waals surface area (Å²) in [5, 5.41) is 0. The second kappa shape index (κ2) is 15.2. The highest BCUT2D eigenvalue weighted by Gasteiger charge is 2.09. The van der Waals surface area contributed by atoms with Crippen LogP contribution in [-0.2, 0) is 18.9 Å². The first kappa shape index (κ1) is 19.8. The molecule has 20 heavy (non-hydrogen) atoms. The minimum Gasteiger partial charge on any atom is -0.379 e.